The zero-order chi connectivity index (χ0) is 11.9. The molecule has 1 unspecified atom stereocenters. The van der Waals surface area contributed by atoms with Crippen LogP contribution in [0, 0.1) is 6.92 Å². The monoisotopic (exact) mass is 229 g/mol. The Bertz CT molecular complexity index is 515. The molecule has 2 aromatic rings. The number of imidazole rings is 1. The number of nitrogens with two attached hydrogens (primary N) is 1. The van der Waals surface area contributed by atoms with Gasteiger partial charge in [0.15, 0.2) is 0 Å². The van der Waals surface area contributed by atoms with Crippen LogP contribution in [-0.2, 0) is 0 Å². The number of halogens is 3. The van der Waals surface area contributed by atoms with Gasteiger partial charge < -0.3 is 10.1 Å². The van der Waals surface area contributed by atoms with Crippen LogP contribution < -0.4 is 5.73 Å². The van der Waals surface area contributed by atoms with E-state index in [9.17, 15) is 13.2 Å². The van der Waals surface area contributed by atoms with Crippen LogP contribution in [0.4, 0.5) is 13.2 Å². The minimum atomic E-state index is -4.46. The number of aromatic nitrogens is 2. The van der Waals surface area contributed by atoms with Crippen molar-refractivity contribution in [2.45, 2.75) is 19.1 Å². The highest BCUT2D eigenvalue weighted by molar-refractivity contribution is 5.42. The van der Waals surface area contributed by atoms with Crippen LogP contribution in [0.2, 0.25) is 0 Å². The van der Waals surface area contributed by atoms with Crippen molar-refractivity contribution in [2.75, 3.05) is 0 Å². The van der Waals surface area contributed by atoms with E-state index in [-0.39, 0.29) is 5.69 Å². The van der Waals surface area contributed by atoms with E-state index < -0.39 is 12.2 Å². The molecule has 86 valence electrons. The van der Waals surface area contributed by atoms with Gasteiger partial charge in [-0.2, -0.15) is 13.2 Å². The minimum absolute atomic E-state index is 0.0498. The zero-order valence-electron chi connectivity index (χ0n) is 8.49. The molecule has 2 heterocycles. The van der Waals surface area contributed by atoms with E-state index in [4.69, 9.17) is 5.73 Å². The Morgan fingerprint density at radius 3 is 2.69 bits per heavy atom. The van der Waals surface area contributed by atoms with Crippen molar-refractivity contribution in [2.24, 2.45) is 5.73 Å². The molecule has 2 aromatic heterocycles. The number of nitrogens with zero attached hydrogens (tertiary/aromatic N) is 2. The summed E-state index contributed by atoms with van der Waals surface area (Å²) < 4.78 is 38.8. The summed E-state index contributed by atoms with van der Waals surface area (Å²) in [4.78, 5) is 3.88. The van der Waals surface area contributed by atoms with Crippen LogP contribution in [0.3, 0.4) is 0 Å². The predicted molar refractivity (Wildman–Crippen MR) is 52.9 cm³/mol. The Morgan fingerprint density at radius 1 is 1.38 bits per heavy atom. The van der Waals surface area contributed by atoms with Gasteiger partial charge >= 0.3 is 6.18 Å². The van der Waals surface area contributed by atoms with Crippen LogP contribution in [0.25, 0.3) is 5.65 Å². The second kappa shape index (κ2) is 3.48. The number of rotatable bonds is 1. The van der Waals surface area contributed by atoms with Gasteiger partial charge in [-0.1, -0.05) is 6.07 Å². The second-order valence-corrected chi connectivity index (χ2v) is 3.64. The van der Waals surface area contributed by atoms with E-state index in [2.05, 4.69) is 4.98 Å². The average Bonchev–Trinajstić information content (AvgIpc) is 2.57. The van der Waals surface area contributed by atoms with Gasteiger partial charge in [0.05, 0.1) is 11.9 Å². The zero-order valence-corrected chi connectivity index (χ0v) is 8.49. The Morgan fingerprint density at radius 2 is 2.06 bits per heavy atom. The second-order valence-electron chi connectivity index (χ2n) is 3.64. The van der Waals surface area contributed by atoms with E-state index in [0.29, 0.717) is 5.65 Å². The lowest BCUT2D eigenvalue weighted by Gasteiger charge is -2.15. The molecule has 0 aromatic carbocycles. The maximum atomic E-state index is 12.5. The third kappa shape index (κ3) is 1.76. The lowest BCUT2D eigenvalue weighted by atomic mass is 10.2. The lowest BCUT2D eigenvalue weighted by molar-refractivity contribution is -0.150. The molecule has 0 spiro atoms. The summed E-state index contributed by atoms with van der Waals surface area (Å²) >= 11 is 0. The predicted octanol–water partition coefficient (Wildman–Crippen LogP) is 2.20. The number of alkyl halides is 3. The van der Waals surface area contributed by atoms with E-state index >= 15 is 0 Å². The number of aryl methyl sites for hydroxylation is 1. The molecule has 0 aliphatic carbocycles. The maximum Gasteiger partial charge on any atom is 0.409 e. The fourth-order valence-corrected chi connectivity index (χ4v) is 1.50. The third-order valence-electron chi connectivity index (χ3n) is 2.35. The molecule has 2 N–H and O–H groups in total. The fourth-order valence-electron chi connectivity index (χ4n) is 1.50. The van der Waals surface area contributed by atoms with Gasteiger partial charge in [-0.15, -0.1) is 0 Å². The molecule has 6 heteroatoms. The van der Waals surface area contributed by atoms with Crippen molar-refractivity contribution in [3.8, 4) is 0 Å². The molecule has 0 saturated heterocycles. The number of hydrogen-bond donors (Lipinski definition) is 1. The molecular weight excluding hydrogens is 219 g/mol. The Hall–Kier alpha value is -1.56. The van der Waals surface area contributed by atoms with E-state index in [0.717, 1.165) is 11.8 Å². The molecule has 0 radical (unpaired) electrons. The van der Waals surface area contributed by atoms with Gasteiger partial charge in [0.2, 0.25) is 0 Å². The first-order valence-corrected chi connectivity index (χ1v) is 4.65. The highest BCUT2D eigenvalue weighted by Crippen LogP contribution is 2.30. The Balaban J connectivity index is 2.57. The van der Waals surface area contributed by atoms with Crippen molar-refractivity contribution in [1.29, 1.82) is 0 Å². The van der Waals surface area contributed by atoms with Crippen LogP contribution in [0.1, 0.15) is 17.3 Å². The fraction of sp³-hybridized carbons (Fsp3) is 0.300. The molecule has 0 aliphatic rings. The molecule has 0 saturated carbocycles. The standard InChI is InChI=1S/C10H10F3N3/c1-6-2-3-8-15-4-7(16(8)5-6)9(14)10(11,12)13/h2-5,9H,14H2,1H3. The topological polar surface area (TPSA) is 43.3 Å². The van der Waals surface area contributed by atoms with Gasteiger partial charge in [0, 0.05) is 6.20 Å². The average molecular weight is 229 g/mol. The molecule has 0 aliphatic heterocycles. The van der Waals surface area contributed by atoms with Gasteiger partial charge in [0.25, 0.3) is 0 Å². The number of fused-ring (bicyclic) bond motifs is 1. The van der Waals surface area contributed by atoms with Crippen molar-refractivity contribution in [1.82, 2.24) is 9.38 Å². The van der Waals surface area contributed by atoms with Crippen molar-refractivity contribution < 1.29 is 13.2 Å². The van der Waals surface area contributed by atoms with Gasteiger partial charge in [-0.25, -0.2) is 4.98 Å². The van der Waals surface area contributed by atoms with Gasteiger partial charge in [-0.3, -0.25) is 0 Å². The first-order valence-electron chi connectivity index (χ1n) is 4.65. The molecule has 0 fully saturated rings. The summed E-state index contributed by atoms with van der Waals surface area (Å²) in [5.74, 6) is 0. The largest absolute Gasteiger partial charge is 0.409 e. The molecule has 2 rings (SSSR count). The minimum Gasteiger partial charge on any atom is -0.315 e. The van der Waals surface area contributed by atoms with Crippen LogP contribution in [-0.4, -0.2) is 15.6 Å². The number of hydrogen-bond acceptors (Lipinski definition) is 2. The van der Waals surface area contributed by atoms with E-state index in [1.54, 1.807) is 25.3 Å². The van der Waals surface area contributed by atoms with Gasteiger partial charge in [0.1, 0.15) is 11.7 Å². The Kier molecular flexibility index (Phi) is 2.38. The molecular formula is C10H10F3N3. The summed E-state index contributed by atoms with van der Waals surface area (Å²) in [7, 11) is 0. The van der Waals surface area contributed by atoms with Crippen LogP contribution in [0.5, 0.6) is 0 Å². The highest BCUT2D eigenvalue weighted by atomic mass is 19.4. The summed E-state index contributed by atoms with van der Waals surface area (Å²) in [6.45, 7) is 1.79. The maximum absolute atomic E-state index is 12.5. The van der Waals surface area contributed by atoms with Crippen molar-refractivity contribution in [3.63, 3.8) is 0 Å². The van der Waals surface area contributed by atoms with Crippen LogP contribution >= 0.6 is 0 Å². The molecule has 16 heavy (non-hydrogen) atoms. The quantitative estimate of drug-likeness (QED) is 0.814. The van der Waals surface area contributed by atoms with E-state index in [1.807, 2.05) is 0 Å². The molecule has 0 bridgehead atoms. The normalized spacial score (nSPS) is 14.3. The molecule has 3 nitrogen and oxygen atoms in total. The van der Waals surface area contributed by atoms with Crippen LogP contribution in [0.15, 0.2) is 24.5 Å². The van der Waals surface area contributed by atoms with E-state index in [1.165, 1.54) is 4.40 Å². The first kappa shape index (κ1) is 10.9. The third-order valence-corrected chi connectivity index (χ3v) is 2.35. The van der Waals surface area contributed by atoms with Gasteiger partial charge in [-0.05, 0) is 18.6 Å². The highest BCUT2D eigenvalue weighted by Gasteiger charge is 2.39. The molecule has 0 amide bonds. The van der Waals surface area contributed by atoms with Crippen molar-refractivity contribution in [3.05, 3.63) is 35.8 Å². The summed E-state index contributed by atoms with van der Waals surface area (Å²) in [5.41, 5.74) is 6.40. The summed E-state index contributed by atoms with van der Waals surface area (Å²) in [6, 6.07) is 1.43. The first-order chi connectivity index (χ1) is 7.39. The summed E-state index contributed by atoms with van der Waals surface area (Å²) in [5, 5.41) is 0. The summed E-state index contributed by atoms with van der Waals surface area (Å²) in [6.07, 6.45) is -1.71. The number of pyridine rings is 1. The molecule has 1 atom stereocenters. The Labute approximate surface area is 89.7 Å². The lowest BCUT2D eigenvalue weighted by Crippen LogP contribution is -2.29. The van der Waals surface area contributed by atoms with Crippen molar-refractivity contribution >= 4 is 5.65 Å². The smallest absolute Gasteiger partial charge is 0.315 e. The SMILES string of the molecule is Cc1ccc2ncc(C(N)C(F)(F)F)n2c1.